The average Bonchev–Trinajstić information content (AvgIpc) is 2.02. The zero-order chi connectivity index (χ0) is 9.40. The first-order valence-electron chi connectivity index (χ1n) is 4.59. The summed E-state index contributed by atoms with van der Waals surface area (Å²) in [4.78, 5) is 10.4. The van der Waals surface area contributed by atoms with Gasteiger partial charge in [0.1, 0.15) is 0 Å². The molecule has 0 rings (SSSR count). The van der Waals surface area contributed by atoms with Crippen LogP contribution in [0, 0.1) is 0 Å². The summed E-state index contributed by atoms with van der Waals surface area (Å²) in [6.45, 7) is 2.14. The van der Waals surface area contributed by atoms with Crippen LogP contribution in [0.15, 0.2) is 0 Å². The Labute approximate surface area is 74.2 Å². The number of unbranched alkanes of at least 4 members (excludes halogenated alkanes) is 2. The molecule has 0 saturated carbocycles. The summed E-state index contributed by atoms with van der Waals surface area (Å²) in [6.07, 6.45) is 4.70. The van der Waals surface area contributed by atoms with Gasteiger partial charge in [-0.3, -0.25) is 4.79 Å². The fourth-order valence-electron chi connectivity index (χ4n) is 1.20. The highest BCUT2D eigenvalue weighted by molar-refractivity contribution is 5.67. The van der Waals surface area contributed by atoms with Crippen LogP contribution >= 0.6 is 0 Å². The minimum atomic E-state index is -0.717. The molecule has 72 valence electrons. The van der Waals surface area contributed by atoms with Gasteiger partial charge in [-0.25, -0.2) is 0 Å². The number of rotatable bonds is 7. The molecule has 0 saturated heterocycles. The van der Waals surface area contributed by atoms with Crippen LogP contribution in [0.5, 0.6) is 0 Å². The molecule has 12 heavy (non-hydrogen) atoms. The summed E-state index contributed by atoms with van der Waals surface area (Å²) in [7, 11) is 1.82. The molecule has 0 aromatic carbocycles. The second-order valence-corrected chi connectivity index (χ2v) is 3.08. The molecule has 0 aromatic rings. The minimum absolute atomic E-state index is 0.147. The molecule has 1 atom stereocenters. The van der Waals surface area contributed by atoms with Gasteiger partial charge in [0, 0.05) is 6.04 Å². The smallest absolute Gasteiger partial charge is 0.304 e. The van der Waals surface area contributed by atoms with Gasteiger partial charge in [0.25, 0.3) is 0 Å². The second-order valence-electron chi connectivity index (χ2n) is 3.08. The molecule has 2 N–H and O–H groups in total. The Hall–Kier alpha value is -0.570. The van der Waals surface area contributed by atoms with Crippen LogP contribution in [-0.2, 0) is 4.79 Å². The van der Waals surface area contributed by atoms with E-state index in [1.54, 1.807) is 0 Å². The van der Waals surface area contributed by atoms with Crippen molar-refractivity contribution in [1.82, 2.24) is 5.32 Å². The first kappa shape index (κ1) is 11.4. The summed E-state index contributed by atoms with van der Waals surface area (Å²) in [5.41, 5.74) is 0. The summed E-state index contributed by atoms with van der Waals surface area (Å²) in [6, 6.07) is 0.147. The van der Waals surface area contributed by atoms with Crippen molar-refractivity contribution in [2.45, 2.75) is 45.1 Å². The number of carboxylic acid groups (broad SMARTS) is 1. The van der Waals surface area contributed by atoms with Gasteiger partial charge in [0.2, 0.25) is 0 Å². The maximum Gasteiger partial charge on any atom is 0.304 e. The van der Waals surface area contributed by atoms with E-state index in [4.69, 9.17) is 5.11 Å². The van der Waals surface area contributed by atoms with Gasteiger partial charge in [0.05, 0.1) is 6.42 Å². The molecule has 0 amide bonds. The second kappa shape index (κ2) is 7.10. The van der Waals surface area contributed by atoms with E-state index in [2.05, 4.69) is 12.2 Å². The van der Waals surface area contributed by atoms with Gasteiger partial charge in [-0.2, -0.15) is 0 Å². The maximum absolute atomic E-state index is 10.4. The predicted molar refractivity (Wildman–Crippen MR) is 49.2 cm³/mol. The fraction of sp³-hybridized carbons (Fsp3) is 0.889. The van der Waals surface area contributed by atoms with Gasteiger partial charge in [-0.1, -0.05) is 26.2 Å². The third-order valence-corrected chi connectivity index (χ3v) is 1.99. The summed E-state index contributed by atoms with van der Waals surface area (Å²) < 4.78 is 0. The lowest BCUT2D eigenvalue weighted by Crippen LogP contribution is -2.27. The van der Waals surface area contributed by atoms with Crippen LogP contribution in [-0.4, -0.2) is 24.2 Å². The Morgan fingerprint density at radius 2 is 2.17 bits per heavy atom. The molecule has 0 heterocycles. The van der Waals surface area contributed by atoms with Crippen molar-refractivity contribution in [2.75, 3.05) is 7.05 Å². The van der Waals surface area contributed by atoms with E-state index < -0.39 is 5.97 Å². The molecular formula is C9H19NO2. The molecule has 0 fully saturated rings. The van der Waals surface area contributed by atoms with Gasteiger partial charge in [-0.05, 0) is 13.5 Å². The highest BCUT2D eigenvalue weighted by Gasteiger charge is 2.09. The zero-order valence-electron chi connectivity index (χ0n) is 7.97. The van der Waals surface area contributed by atoms with E-state index in [0.29, 0.717) is 0 Å². The number of nitrogens with one attached hydrogen (secondary N) is 1. The number of hydrogen-bond donors (Lipinski definition) is 2. The molecular weight excluding hydrogens is 154 g/mol. The van der Waals surface area contributed by atoms with E-state index in [1.807, 2.05) is 7.05 Å². The maximum atomic E-state index is 10.4. The highest BCUT2D eigenvalue weighted by atomic mass is 16.4. The van der Waals surface area contributed by atoms with Crippen LogP contribution in [0.2, 0.25) is 0 Å². The monoisotopic (exact) mass is 173 g/mol. The Balaban J connectivity index is 3.46. The van der Waals surface area contributed by atoms with Crippen molar-refractivity contribution in [1.29, 1.82) is 0 Å². The zero-order valence-corrected chi connectivity index (χ0v) is 7.97. The van der Waals surface area contributed by atoms with E-state index in [1.165, 1.54) is 12.8 Å². The fourth-order valence-corrected chi connectivity index (χ4v) is 1.20. The van der Waals surface area contributed by atoms with Crippen LogP contribution < -0.4 is 5.32 Å². The molecule has 3 nitrogen and oxygen atoms in total. The number of hydrogen-bond acceptors (Lipinski definition) is 2. The van der Waals surface area contributed by atoms with Gasteiger partial charge < -0.3 is 10.4 Å². The largest absolute Gasteiger partial charge is 0.481 e. The van der Waals surface area contributed by atoms with Crippen LogP contribution in [0.25, 0.3) is 0 Å². The summed E-state index contributed by atoms with van der Waals surface area (Å²) >= 11 is 0. The van der Waals surface area contributed by atoms with Crippen molar-refractivity contribution < 1.29 is 9.90 Å². The normalized spacial score (nSPS) is 12.8. The molecule has 0 radical (unpaired) electrons. The predicted octanol–water partition coefficient (Wildman–Crippen LogP) is 1.63. The lowest BCUT2D eigenvalue weighted by molar-refractivity contribution is -0.137. The molecule has 0 bridgehead atoms. The lowest BCUT2D eigenvalue weighted by Gasteiger charge is -2.12. The van der Waals surface area contributed by atoms with E-state index in [0.717, 1.165) is 12.8 Å². The number of carbonyl (C=O) groups is 1. The molecule has 0 aromatic heterocycles. The van der Waals surface area contributed by atoms with Gasteiger partial charge >= 0.3 is 5.97 Å². The highest BCUT2D eigenvalue weighted by Crippen LogP contribution is 2.05. The molecule has 0 aliphatic heterocycles. The van der Waals surface area contributed by atoms with Crippen molar-refractivity contribution >= 4 is 5.97 Å². The third-order valence-electron chi connectivity index (χ3n) is 1.99. The Kier molecular flexibility index (Phi) is 6.76. The Morgan fingerprint density at radius 3 is 2.58 bits per heavy atom. The SMILES string of the molecule is CCCCCC(CC(=O)O)NC. The molecule has 3 heteroatoms. The van der Waals surface area contributed by atoms with Crippen molar-refractivity contribution in [3.05, 3.63) is 0 Å². The molecule has 0 aliphatic carbocycles. The van der Waals surface area contributed by atoms with Crippen molar-refractivity contribution in [3.63, 3.8) is 0 Å². The number of carboxylic acids is 1. The van der Waals surface area contributed by atoms with Crippen LogP contribution in [0.4, 0.5) is 0 Å². The van der Waals surface area contributed by atoms with Crippen molar-refractivity contribution in [3.8, 4) is 0 Å². The van der Waals surface area contributed by atoms with E-state index in [-0.39, 0.29) is 12.5 Å². The van der Waals surface area contributed by atoms with Crippen molar-refractivity contribution in [2.24, 2.45) is 0 Å². The summed E-state index contributed by atoms with van der Waals surface area (Å²) in [5.74, 6) is -0.717. The first-order valence-corrected chi connectivity index (χ1v) is 4.59. The summed E-state index contributed by atoms with van der Waals surface area (Å²) in [5, 5.41) is 11.5. The quantitative estimate of drug-likeness (QED) is 0.575. The Bertz CT molecular complexity index is 126. The van der Waals surface area contributed by atoms with Gasteiger partial charge in [0.15, 0.2) is 0 Å². The van der Waals surface area contributed by atoms with Gasteiger partial charge in [-0.15, -0.1) is 0 Å². The molecule has 1 unspecified atom stereocenters. The average molecular weight is 173 g/mol. The Morgan fingerprint density at radius 1 is 1.50 bits per heavy atom. The molecule has 0 aliphatic rings. The number of aliphatic carboxylic acids is 1. The molecule has 0 spiro atoms. The third kappa shape index (κ3) is 6.16. The van der Waals surface area contributed by atoms with Crippen LogP contribution in [0.3, 0.4) is 0 Å². The topological polar surface area (TPSA) is 49.3 Å². The minimum Gasteiger partial charge on any atom is -0.481 e. The lowest BCUT2D eigenvalue weighted by atomic mass is 10.1. The standard InChI is InChI=1S/C9H19NO2/c1-3-4-5-6-8(10-2)7-9(11)12/h8,10H,3-7H2,1-2H3,(H,11,12). The first-order chi connectivity index (χ1) is 5.70. The van der Waals surface area contributed by atoms with E-state index in [9.17, 15) is 4.79 Å². The van der Waals surface area contributed by atoms with Crippen LogP contribution in [0.1, 0.15) is 39.0 Å². The van der Waals surface area contributed by atoms with E-state index >= 15 is 0 Å².